The van der Waals surface area contributed by atoms with Crippen LogP contribution in [-0.2, 0) is 6.42 Å². The van der Waals surface area contributed by atoms with Crippen LogP contribution in [0.5, 0.6) is 5.75 Å². The van der Waals surface area contributed by atoms with Crippen molar-refractivity contribution in [3.63, 3.8) is 0 Å². The van der Waals surface area contributed by atoms with Gasteiger partial charge in [0, 0.05) is 11.9 Å². The zero-order valence-electron chi connectivity index (χ0n) is 12.4. The van der Waals surface area contributed by atoms with Gasteiger partial charge in [-0.25, -0.2) is 0 Å². The Morgan fingerprint density at radius 3 is 2.91 bits per heavy atom. The fourth-order valence-electron chi connectivity index (χ4n) is 3.08. The third kappa shape index (κ3) is 2.43. The Balaban J connectivity index is 1.64. The lowest BCUT2D eigenvalue weighted by Gasteiger charge is -2.17. The highest BCUT2D eigenvalue weighted by Gasteiger charge is 2.26. The maximum Gasteiger partial charge on any atom is 0.254 e. The molecule has 1 aliphatic rings. The molecule has 4 rings (SSSR count). The first-order chi connectivity index (χ1) is 11.2. The normalized spacial score (nSPS) is 16.3. The Bertz CT molecular complexity index is 865. The Kier molecular flexibility index (Phi) is 3.42. The highest BCUT2D eigenvalue weighted by molar-refractivity contribution is 7.13. The topological polar surface area (TPSA) is 54.3 Å². The number of phenolic OH excluding ortho intramolecular Hbond substituents is 1. The van der Waals surface area contributed by atoms with Crippen molar-refractivity contribution in [2.45, 2.75) is 18.9 Å². The number of aryl methyl sites for hydroxylation is 1. The molecule has 0 radical (unpaired) electrons. The molecule has 5 heteroatoms. The molecule has 2 N–H and O–H groups in total. The maximum absolute atomic E-state index is 12.5. The Morgan fingerprint density at radius 1 is 1.17 bits per heavy atom. The number of nitrogens with zero attached hydrogens (tertiary/aromatic N) is 1. The van der Waals surface area contributed by atoms with E-state index < -0.39 is 0 Å². The third-order valence-electron chi connectivity index (χ3n) is 4.24. The number of aromatic nitrogens is 1. The van der Waals surface area contributed by atoms with Crippen molar-refractivity contribution in [2.24, 2.45) is 0 Å². The van der Waals surface area contributed by atoms with Gasteiger partial charge in [-0.1, -0.05) is 18.2 Å². The van der Waals surface area contributed by atoms with Crippen LogP contribution >= 0.6 is 11.3 Å². The lowest BCUT2D eigenvalue weighted by molar-refractivity contribution is 0.0937. The second kappa shape index (κ2) is 5.59. The number of carbonyl (C=O) groups excluding carboxylic acids is 1. The van der Waals surface area contributed by atoms with Crippen LogP contribution in [0.3, 0.4) is 0 Å². The van der Waals surface area contributed by atoms with Crippen molar-refractivity contribution in [1.29, 1.82) is 0 Å². The molecule has 3 heterocycles. The number of nitrogens with one attached hydrogen (secondary N) is 1. The first-order valence-electron chi connectivity index (χ1n) is 7.57. The average molecular weight is 324 g/mol. The minimum Gasteiger partial charge on any atom is -0.508 e. The molecule has 2 aromatic heterocycles. The van der Waals surface area contributed by atoms with Gasteiger partial charge in [0.2, 0.25) is 0 Å². The molecule has 0 bridgehead atoms. The standard InChI is InChI=1S/C18H16N2O2S/c21-16-6-2-1-4-12(16)7-8-14-15-5-3-10-20(15)18-13(9-11-23-18)17(22)19-14/h1-6,9-11,14,21H,7-8H2,(H,19,22). The molecule has 3 aromatic rings. The number of benzene rings is 1. The number of phenols is 1. The highest BCUT2D eigenvalue weighted by atomic mass is 32.1. The summed E-state index contributed by atoms with van der Waals surface area (Å²) in [6.45, 7) is 0. The monoisotopic (exact) mass is 324 g/mol. The Labute approximate surface area is 138 Å². The molecule has 1 aliphatic heterocycles. The van der Waals surface area contributed by atoms with Crippen LogP contribution in [0, 0.1) is 0 Å². The summed E-state index contributed by atoms with van der Waals surface area (Å²) in [5.74, 6) is 0.272. The SMILES string of the molecule is O=C1NC(CCc2ccccc2O)c2cccn2-c2sccc21. The number of hydrogen-bond donors (Lipinski definition) is 2. The zero-order valence-corrected chi connectivity index (χ0v) is 13.2. The van der Waals surface area contributed by atoms with Gasteiger partial charge in [-0.3, -0.25) is 4.79 Å². The van der Waals surface area contributed by atoms with Crippen LogP contribution in [0.1, 0.15) is 34.1 Å². The quantitative estimate of drug-likeness (QED) is 0.772. The van der Waals surface area contributed by atoms with Crippen LogP contribution in [0.4, 0.5) is 0 Å². The van der Waals surface area contributed by atoms with E-state index in [4.69, 9.17) is 0 Å². The molecule has 116 valence electrons. The highest BCUT2D eigenvalue weighted by Crippen LogP contribution is 2.32. The number of fused-ring (bicyclic) bond motifs is 3. The molecule has 1 amide bonds. The van der Waals surface area contributed by atoms with Gasteiger partial charge in [0.05, 0.1) is 11.6 Å². The van der Waals surface area contributed by atoms with E-state index in [1.165, 1.54) is 0 Å². The summed E-state index contributed by atoms with van der Waals surface area (Å²) in [6, 6.07) is 13.2. The van der Waals surface area contributed by atoms with E-state index >= 15 is 0 Å². The Morgan fingerprint density at radius 2 is 2.04 bits per heavy atom. The van der Waals surface area contributed by atoms with Gasteiger partial charge in [-0.15, -0.1) is 11.3 Å². The second-order valence-corrected chi connectivity index (χ2v) is 6.53. The van der Waals surface area contributed by atoms with Crippen LogP contribution in [-0.4, -0.2) is 15.6 Å². The molecular weight excluding hydrogens is 308 g/mol. The lowest BCUT2D eigenvalue weighted by Crippen LogP contribution is -2.27. The fraction of sp³-hybridized carbons (Fsp3) is 0.167. The van der Waals surface area contributed by atoms with E-state index in [1.807, 2.05) is 48.0 Å². The molecule has 1 unspecified atom stereocenters. The van der Waals surface area contributed by atoms with Crippen molar-refractivity contribution in [3.8, 4) is 10.8 Å². The van der Waals surface area contributed by atoms with Gasteiger partial charge in [-0.05, 0) is 48.1 Å². The molecule has 23 heavy (non-hydrogen) atoms. The smallest absolute Gasteiger partial charge is 0.254 e. The van der Waals surface area contributed by atoms with Crippen molar-refractivity contribution < 1.29 is 9.90 Å². The molecule has 0 saturated heterocycles. The van der Waals surface area contributed by atoms with Gasteiger partial charge in [0.25, 0.3) is 5.91 Å². The van der Waals surface area contributed by atoms with Gasteiger partial charge in [0.1, 0.15) is 10.8 Å². The summed E-state index contributed by atoms with van der Waals surface area (Å²) in [5.41, 5.74) is 2.70. The van der Waals surface area contributed by atoms with Crippen molar-refractivity contribution in [3.05, 3.63) is 70.9 Å². The third-order valence-corrected chi connectivity index (χ3v) is 5.16. The molecular formula is C18H16N2O2S. The molecule has 4 nitrogen and oxygen atoms in total. The Hall–Kier alpha value is -2.53. The van der Waals surface area contributed by atoms with Crippen LogP contribution < -0.4 is 5.32 Å². The molecule has 0 aliphatic carbocycles. The van der Waals surface area contributed by atoms with Gasteiger partial charge < -0.3 is 15.0 Å². The number of para-hydroxylation sites is 1. The number of aromatic hydroxyl groups is 1. The molecule has 0 saturated carbocycles. The summed E-state index contributed by atoms with van der Waals surface area (Å²) in [6.07, 6.45) is 3.44. The first kappa shape index (κ1) is 14.1. The van der Waals surface area contributed by atoms with E-state index in [0.29, 0.717) is 12.2 Å². The number of thiophene rings is 1. The van der Waals surface area contributed by atoms with Crippen LogP contribution in [0.2, 0.25) is 0 Å². The zero-order chi connectivity index (χ0) is 15.8. The van der Waals surface area contributed by atoms with E-state index in [2.05, 4.69) is 9.88 Å². The second-order valence-electron chi connectivity index (χ2n) is 5.64. The van der Waals surface area contributed by atoms with E-state index in [9.17, 15) is 9.90 Å². The molecule has 1 atom stereocenters. The predicted octanol–water partition coefficient (Wildman–Crippen LogP) is 3.66. The minimum absolute atomic E-state index is 0.0350. The number of amides is 1. The lowest BCUT2D eigenvalue weighted by atomic mass is 10.0. The summed E-state index contributed by atoms with van der Waals surface area (Å²) in [7, 11) is 0. The van der Waals surface area contributed by atoms with E-state index in [1.54, 1.807) is 17.4 Å². The maximum atomic E-state index is 12.5. The number of rotatable bonds is 3. The van der Waals surface area contributed by atoms with Gasteiger partial charge in [0.15, 0.2) is 0 Å². The van der Waals surface area contributed by atoms with Crippen molar-refractivity contribution >= 4 is 17.2 Å². The van der Waals surface area contributed by atoms with E-state index in [0.717, 1.165) is 28.2 Å². The van der Waals surface area contributed by atoms with E-state index in [-0.39, 0.29) is 11.9 Å². The molecule has 0 fully saturated rings. The van der Waals surface area contributed by atoms with Crippen molar-refractivity contribution in [2.75, 3.05) is 0 Å². The minimum atomic E-state index is -0.0725. The molecule has 0 spiro atoms. The predicted molar refractivity (Wildman–Crippen MR) is 90.3 cm³/mol. The summed E-state index contributed by atoms with van der Waals surface area (Å²) < 4.78 is 2.09. The largest absolute Gasteiger partial charge is 0.508 e. The number of hydrogen-bond acceptors (Lipinski definition) is 3. The van der Waals surface area contributed by atoms with Crippen LogP contribution in [0.25, 0.3) is 5.00 Å². The number of carbonyl (C=O) groups is 1. The molecule has 1 aromatic carbocycles. The summed E-state index contributed by atoms with van der Waals surface area (Å²) >= 11 is 1.57. The summed E-state index contributed by atoms with van der Waals surface area (Å²) in [4.78, 5) is 12.5. The van der Waals surface area contributed by atoms with Crippen LogP contribution in [0.15, 0.2) is 54.0 Å². The van der Waals surface area contributed by atoms with Crippen molar-refractivity contribution in [1.82, 2.24) is 9.88 Å². The van der Waals surface area contributed by atoms with Gasteiger partial charge in [-0.2, -0.15) is 0 Å². The average Bonchev–Trinajstić information content (AvgIpc) is 3.19. The fourth-order valence-corrected chi connectivity index (χ4v) is 3.98. The summed E-state index contributed by atoms with van der Waals surface area (Å²) in [5, 5.41) is 15.9. The van der Waals surface area contributed by atoms with Gasteiger partial charge >= 0.3 is 0 Å². The first-order valence-corrected chi connectivity index (χ1v) is 8.45.